The minimum atomic E-state index is -1.25. The number of amides is 1. The Labute approximate surface area is 119 Å². The van der Waals surface area contributed by atoms with Gasteiger partial charge >= 0.3 is 5.97 Å². The summed E-state index contributed by atoms with van der Waals surface area (Å²) in [6, 6.07) is 6.79. The van der Waals surface area contributed by atoms with Crippen molar-refractivity contribution in [3.8, 4) is 0 Å². The minimum absolute atomic E-state index is 0.0704. The summed E-state index contributed by atoms with van der Waals surface area (Å²) in [5.74, 6) is -1.70. The van der Waals surface area contributed by atoms with Crippen LogP contribution in [-0.4, -0.2) is 27.0 Å². The third-order valence-electron chi connectivity index (χ3n) is 2.44. The van der Waals surface area contributed by atoms with E-state index in [1.54, 1.807) is 24.3 Å². The quantitative estimate of drug-likeness (QED) is 0.899. The van der Waals surface area contributed by atoms with Crippen LogP contribution < -0.4 is 5.32 Å². The van der Waals surface area contributed by atoms with Crippen LogP contribution in [0.5, 0.6) is 0 Å². The maximum Gasteiger partial charge on any atom is 0.358 e. The van der Waals surface area contributed by atoms with Gasteiger partial charge in [0.1, 0.15) is 0 Å². The molecule has 1 amide bonds. The standard InChI is InChI=1S/C13H10ClN3O3/c14-9-3-1-8(2-4-9)7-10(18)17-12-11(13(19)20)15-5-6-16-12/h1-6H,7H2,(H,19,20)(H,16,17,18). The van der Waals surface area contributed by atoms with Gasteiger partial charge in [0.2, 0.25) is 5.91 Å². The zero-order valence-electron chi connectivity index (χ0n) is 10.2. The van der Waals surface area contributed by atoms with Crippen molar-refractivity contribution >= 4 is 29.3 Å². The molecule has 0 bridgehead atoms. The number of carbonyl (C=O) groups excluding carboxylic acids is 1. The Kier molecular flexibility index (Phi) is 4.27. The fourth-order valence-electron chi connectivity index (χ4n) is 1.55. The molecule has 6 nitrogen and oxygen atoms in total. The number of halogens is 1. The Morgan fingerprint density at radius 2 is 1.80 bits per heavy atom. The molecule has 0 spiro atoms. The van der Waals surface area contributed by atoms with Gasteiger partial charge in [-0.15, -0.1) is 0 Å². The molecule has 1 heterocycles. The second kappa shape index (κ2) is 6.12. The molecule has 0 atom stereocenters. The molecule has 0 aliphatic carbocycles. The van der Waals surface area contributed by atoms with Crippen molar-refractivity contribution < 1.29 is 14.7 Å². The number of aromatic nitrogens is 2. The van der Waals surface area contributed by atoms with E-state index in [1.165, 1.54) is 12.4 Å². The molecular weight excluding hydrogens is 282 g/mol. The normalized spacial score (nSPS) is 10.1. The summed E-state index contributed by atoms with van der Waals surface area (Å²) in [4.78, 5) is 30.2. The highest BCUT2D eigenvalue weighted by Crippen LogP contribution is 2.12. The van der Waals surface area contributed by atoms with Gasteiger partial charge in [-0.05, 0) is 17.7 Å². The molecule has 0 aliphatic heterocycles. The average Bonchev–Trinajstić information content (AvgIpc) is 2.41. The Morgan fingerprint density at radius 1 is 1.15 bits per heavy atom. The number of carboxylic acids is 1. The maximum absolute atomic E-state index is 11.8. The Balaban J connectivity index is 2.08. The number of benzene rings is 1. The molecule has 1 aromatic heterocycles. The van der Waals surface area contributed by atoms with Crippen molar-refractivity contribution in [1.29, 1.82) is 0 Å². The second-order valence-electron chi connectivity index (χ2n) is 3.91. The van der Waals surface area contributed by atoms with E-state index >= 15 is 0 Å². The smallest absolute Gasteiger partial charge is 0.358 e. The van der Waals surface area contributed by atoms with E-state index in [9.17, 15) is 9.59 Å². The first-order chi connectivity index (χ1) is 9.56. The molecule has 0 fully saturated rings. The van der Waals surface area contributed by atoms with Crippen molar-refractivity contribution in [3.05, 3.63) is 52.9 Å². The first-order valence-corrected chi connectivity index (χ1v) is 6.02. The lowest BCUT2D eigenvalue weighted by Gasteiger charge is -2.06. The minimum Gasteiger partial charge on any atom is -0.476 e. The molecule has 2 aromatic rings. The molecular formula is C13H10ClN3O3. The Morgan fingerprint density at radius 3 is 2.45 bits per heavy atom. The highest BCUT2D eigenvalue weighted by atomic mass is 35.5. The third-order valence-corrected chi connectivity index (χ3v) is 2.69. The largest absolute Gasteiger partial charge is 0.476 e. The summed E-state index contributed by atoms with van der Waals surface area (Å²) in [5.41, 5.74) is 0.463. The van der Waals surface area contributed by atoms with Crippen molar-refractivity contribution in [2.75, 3.05) is 5.32 Å². The van der Waals surface area contributed by atoms with E-state index in [0.717, 1.165) is 5.56 Å². The van der Waals surface area contributed by atoms with Crippen molar-refractivity contribution in [2.45, 2.75) is 6.42 Å². The van der Waals surface area contributed by atoms with Gasteiger partial charge in [0.05, 0.1) is 6.42 Å². The van der Waals surface area contributed by atoms with Crippen LogP contribution in [0.15, 0.2) is 36.7 Å². The molecule has 0 unspecified atom stereocenters. The first kappa shape index (κ1) is 14.0. The zero-order chi connectivity index (χ0) is 14.5. The fourth-order valence-corrected chi connectivity index (χ4v) is 1.68. The second-order valence-corrected chi connectivity index (χ2v) is 4.35. The van der Waals surface area contributed by atoms with Crippen molar-refractivity contribution in [1.82, 2.24) is 9.97 Å². The monoisotopic (exact) mass is 291 g/mol. The Hall–Kier alpha value is -2.47. The van der Waals surface area contributed by atoms with Crippen molar-refractivity contribution in [3.63, 3.8) is 0 Å². The van der Waals surface area contributed by atoms with Gasteiger partial charge in [0.15, 0.2) is 11.5 Å². The van der Waals surface area contributed by atoms with Crippen LogP contribution in [0.3, 0.4) is 0 Å². The van der Waals surface area contributed by atoms with Gasteiger partial charge in [0, 0.05) is 17.4 Å². The van der Waals surface area contributed by atoms with E-state index in [1.807, 2.05) is 0 Å². The van der Waals surface area contributed by atoms with Crippen LogP contribution in [-0.2, 0) is 11.2 Å². The lowest BCUT2D eigenvalue weighted by molar-refractivity contribution is -0.115. The molecule has 2 rings (SSSR count). The molecule has 7 heteroatoms. The van der Waals surface area contributed by atoms with E-state index in [2.05, 4.69) is 15.3 Å². The van der Waals surface area contributed by atoms with Crippen LogP contribution in [0.1, 0.15) is 16.1 Å². The predicted molar refractivity (Wildman–Crippen MR) is 72.8 cm³/mol. The molecule has 0 radical (unpaired) electrons. The molecule has 102 valence electrons. The molecule has 0 saturated heterocycles. The van der Waals surface area contributed by atoms with E-state index < -0.39 is 5.97 Å². The fraction of sp³-hybridized carbons (Fsp3) is 0.0769. The van der Waals surface area contributed by atoms with E-state index in [4.69, 9.17) is 16.7 Å². The number of anilines is 1. The number of nitrogens with zero attached hydrogens (tertiary/aromatic N) is 2. The molecule has 1 aromatic carbocycles. The number of aromatic carboxylic acids is 1. The average molecular weight is 292 g/mol. The van der Waals surface area contributed by atoms with E-state index in [-0.39, 0.29) is 23.8 Å². The SMILES string of the molecule is O=C(Cc1ccc(Cl)cc1)Nc1nccnc1C(=O)O. The zero-order valence-corrected chi connectivity index (χ0v) is 11.0. The van der Waals surface area contributed by atoms with Gasteiger partial charge in [-0.1, -0.05) is 23.7 Å². The number of rotatable bonds is 4. The van der Waals surface area contributed by atoms with Gasteiger partial charge in [-0.25, -0.2) is 14.8 Å². The number of nitrogens with one attached hydrogen (secondary N) is 1. The summed E-state index contributed by atoms with van der Waals surface area (Å²) in [5, 5.41) is 11.9. The van der Waals surface area contributed by atoms with Gasteiger partial charge in [0.25, 0.3) is 0 Å². The molecule has 0 saturated carbocycles. The van der Waals surface area contributed by atoms with Crippen LogP contribution in [0.25, 0.3) is 0 Å². The number of hydrogen-bond donors (Lipinski definition) is 2. The maximum atomic E-state index is 11.8. The van der Waals surface area contributed by atoms with Crippen LogP contribution in [0, 0.1) is 0 Å². The number of hydrogen-bond acceptors (Lipinski definition) is 4. The predicted octanol–water partition coefficient (Wildman–Crippen LogP) is 2.01. The summed E-state index contributed by atoms with van der Waals surface area (Å²) in [6.45, 7) is 0. The summed E-state index contributed by atoms with van der Waals surface area (Å²) >= 11 is 5.75. The summed E-state index contributed by atoms with van der Waals surface area (Å²) in [7, 11) is 0. The third kappa shape index (κ3) is 3.52. The van der Waals surface area contributed by atoms with Gasteiger partial charge in [-0.2, -0.15) is 0 Å². The van der Waals surface area contributed by atoms with Crippen LogP contribution in [0.4, 0.5) is 5.82 Å². The molecule has 0 aliphatic rings. The first-order valence-electron chi connectivity index (χ1n) is 5.65. The molecule has 2 N–H and O–H groups in total. The summed E-state index contributed by atoms with van der Waals surface area (Å²) in [6.07, 6.45) is 2.65. The van der Waals surface area contributed by atoms with Gasteiger partial charge < -0.3 is 10.4 Å². The van der Waals surface area contributed by atoms with E-state index in [0.29, 0.717) is 5.02 Å². The number of carbonyl (C=O) groups is 2. The van der Waals surface area contributed by atoms with Crippen molar-refractivity contribution in [2.24, 2.45) is 0 Å². The topological polar surface area (TPSA) is 92.2 Å². The van der Waals surface area contributed by atoms with Crippen LogP contribution in [0.2, 0.25) is 5.02 Å². The van der Waals surface area contributed by atoms with Crippen LogP contribution >= 0.6 is 11.6 Å². The highest BCUT2D eigenvalue weighted by Gasteiger charge is 2.15. The lowest BCUT2D eigenvalue weighted by Crippen LogP contribution is -2.18. The van der Waals surface area contributed by atoms with Gasteiger partial charge in [-0.3, -0.25) is 4.79 Å². The number of carboxylic acid groups (broad SMARTS) is 1. The summed E-state index contributed by atoms with van der Waals surface area (Å²) < 4.78 is 0. The Bertz CT molecular complexity index is 644. The highest BCUT2D eigenvalue weighted by molar-refractivity contribution is 6.30. The molecule has 20 heavy (non-hydrogen) atoms. The lowest BCUT2D eigenvalue weighted by atomic mass is 10.1.